The zero-order valence-corrected chi connectivity index (χ0v) is 12.2. The number of aryl methyl sites for hydroxylation is 1. The van der Waals surface area contributed by atoms with Crippen LogP contribution in [0.1, 0.15) is 10.7 Å². The smallest absolute Gasteiger partial charge is 0.242 e. The van der Waals surface area contributed by atoms with Gasteiger partial charge in [-0.15, -0.1) is 11.3 Å². The van der Waals surface area contributed by atoms with Gasteiger partial charge in [-0.25, -0.2) is 22.5 Å². The minimum Gasteiger partial charge on any atom is -0.245 e. The summed E-state index contributed by atoms with van der Waals surface area (Å²) in [6.45, 7) is 1.90. The van der Waals surface area contributed by atoms with Crippen molar-refractivity contribution < 1.29 is 12.8 Å². The summed E-state index contributed by atoms with van der Waals surface area (Å²) in [6.07, 6.45) is 0. The minimum atomic E-state index is -3.78. The minimum absolute atomic E-state index is 0.0779. The quantitative estimate of drug-likeness (QED) is 0.942. The van der Waals surface area contributed by atoms with Gasteiger partial charge < -0.3 is 0 Å². The van der Waals surface area contributed by atoms with Crippen molar-refractivity contribution in [2.45, 2.75) is 18.4 Å². The van der Waals surface area contributed by atoms with Gasteiger partial charge in [0, 0.05) is 11.1 Å². The van der Waals surface area contributed by atoms with Crippen molar-refractivity contribution in [1.82, 2.24) is 9.71 Å². The molecule has 1 aromatic carbocycles. The molecule has 4 nitrogen and oxygen atoms in total. The van der Waals surface area contributed by atoms with Crippen LogP contribution < -0.4 is 4.72 Å². The third-order valence-electron chi connectivity index (χ3n) is 2.26. The zero-order chi connectivity index (χ0) is 14.0. The van der Waals surface area contributed by atoms with Crippen LogP contribution in [0.5, 0.6) is 0 Å². The third-order valence-corrected chi connectivity index (χ3v) is 5.11. The number of nitrogens with zero attached hydrogens (tertiary/aromatic N) is 1. The maximum atomic E-state index is 12.9. The second kappa shape index (κ2) is 5.54. The van der Waals surface area contributed by atoms with Crippen LogP contribution >= 0.6 is 22.9 Å². The number of rotatable bonds is 4. The van der Waals surface area contributed by atoms with E-state index in [1.54, 1.807) is 0 Å². The Morgan fingerprint density at radius 1 is 1.47 bits per heavy atom. The van der Waals surface area contributed by atoms with Crippen molar-refractivity contribution in [3.05, 3.63) is 45.1 Å². The van der Waals surface area contributed by atoms with E-state index in [1.807, 2.05) is 12.3 Å². The summed E-state index contributed by atoms with van der Waals surface area (Å²) in [7, 11) is -3.78. The van der Waals surface area contributed by atoms with E-state index in [-0.39, 0.29) is 16.5 Å². The van der Waals surface area contributed by atoms with Crippen LogP contribution in [-0.2, 0) is 16.6 Å². The first-order chi connectivity index (χ1) is 8.88. The molecule has 2 rings (SSSR count). The summed E-state index contributed by atoms with van der Waals surface area (Å²) in [5, 5.41) is 2.33. The van der Waals surface area contributed by atoms with Gasteiger partial charge in [0.2, 0.25) is 10.0 Å². The highest BCUT2D eigenvalue weighted by atomic mass is 35.5. The average molecular weight is 321 g/mol. The van der Waals surface area contributed by atoms with Crippen LogP contribution in [0.15, 0.2) is 28.5 Å². The summed E-state index contributed by atoms with van der Waals surface area (Å²) < 4.78 is 39.3. The first kappa shape index (κ1) is 14.4. The van der Waals surface area contributed by atoms with Crippen LogP contribution in [0, 0.1) is 12.7 Å². The Kier molecular flexibility index (Phi) is 4.19. The highest BCUT2D eigenvalue weighted by molar-refractivity contribution is 7.89. The van der Waals surface area contributed by atoms with Gasteiger partial charge in [0.05, 0.1) is 11.6 Å². The highest BCUT2D eigenvalue weighted by Gasteiger charge is 2.18. The SMILES string of the molecule is Cc1csc(CNS(=O)(=O)c2ccc(F)cc2Cl)n1. The van der Waals surface area contributed by atoms with Crippen molar-refractivity contribution in [3.63, 3.8) is 0 Å². The van der Waals surface area contributed by atoms with Gasteiger partial charge in [-0.05, 0) is 25.1 Å². The molecule has 0 amide bonds. The summed E-state index contributed by atoms with van der Waals surface area (Å²) in [4.78, 5) is 3.99. The van der Waals surface area contributed by atoms with Crippen LogP contribution in [-0.4, -0.2) is 13.4 Å². The second-order valence-electron chi connectivity index (χ2n) is 3.78. The van der Waals surface area contributed by atoms with Crippen LogP contribution in [0.3, 0.4) is 0 Å². The number of hydrogen-bond acceptors (Lipinski definition) is 4. The molecule has 0 spiro atoms. The molecule has 0 aliphatic rings. The van der Waals surface area contributed by atoms with E-state index in [9.17, 15) is 12.8 Å². The van der Waals surface area contributed by atoms with E-state index in [1.165, 1.54) is 11.3 Å². The molecule has 1 aromatic heterocycles. The van der Waals surface area contributed by atoms with Crippen molar-refractivity contribution in [1.29, 1.82) is 0 Å². The van der Waals surface area contributed by atoms with Crippen molar-refractivity contribution in [3.8, 4) is 0 Å². The molecule has 2 aromatic rings. The van der Waals surface area contributed by atoms with Gasteiger partial charge in [-0.2, -0.15) is 0 Å². The number of halogens is 2. The van der Waals surface area contributed by atoms with E-state index in [4.69, 9.17) is 11.6 Å². The summed E-state index contributed by atoms with van der Waals surface area (Å²) >= 11 is 7.09. The van der Waals surface area contributed by atoms with E-state index in [2.05, 4.69) is 9.71 Å². The lowest BCUT2D eigenvalue weighted by molar-refractivity contribution is 0.580. The maximum absolute atomic E-state index is 12.9. The Labute approximate surface area is 119 Å². The van der Waals surface area contributed by atoms with Crippen molar-refractivity contribution in [2.75, 3.05) is 0 Å². The van der Waals surface area contributed by atoms with Gasteiger partial charge >= 0.3 is 0 Å². The highest BCUT2D eigenvalue weighted by Crippen LogP contribution is 2.22. The Morgan fingerprint density at radius 2 is 2.21 bits per heavy atom. The maximum Gasteiger partial charge on any atom is 0.242 e. The van der Waals surface area contributed by atoms with Gasteiger partial charge in [-0.3, -0.25) is 0 Å². The molecule has 8 heteroatoms. The topological polar surface area (TPSA) is 59.1 Å². The molecule has 0 aliphatic carbocycles. The number of hydrogen-bond donors (Lipinski definition) is 1. The fraction of sp³-hybridized carbons (Fsp3) is 0.182. The summed E-state index contributed by atoms with van der Waals surface area (Å²) in [5.74, 6) is -0.584. The molecule has 0 atom stereocenters. The average Bonchev–Trinajstić information content (AvgIpc) is 2.72. The number of aromatic nitrogens is 1. The van der Waals surface area contributed by atoms with Crippen LogP contribution in [0.4, 0.5) is 4.39 Å². The molecule has 1 N–H and O–H groups in total. The van der Waals surface area contributed by atoms with Crippen LogP contribution in [0.2, 0.25) is 5.02 Å². The van der Waals surface area contributed by atoms with Gasteiger partial charge in [0.15, 0.2) is 0 Å². The third kappa shape index (κ3) is 3.50. The lowest BCUT2D eigenvalue weighted by Crippen LogP contribution is -2.23. The lowest BCUT2D eigenvalue weighted by Gasteiger charge is -2.07. The predicted octanol–water partition coefficient (Wildman–Crippen LogP) is 2.72. The second-order valence-corrected chi connectivity index (χ2v) is 6.87. The first-order valence-corrected chi connectivity index (χ1v) is 7.98. The molecule has 0 saturated heterocycles. The normalized spacial score (nSPS) is 11.7. The Hall–Kier alpha value is -1.02. The molecule has 0 radical (unpaired) electrons. The first-order valence-electron chi connectivity index (χ1n) is 5.24. The summed E-state index contributed by atoms with van der Waals surface area (Å²) in [5.41, 5.74) is 0.832. The summed E-state index contributed by atoms with van der Waals surface area (Å²) in [6, 6.07) is 3.14. The molecule has 0 fully saturated rings. The zero-order valence-electron chi connectivity index (χ0n) is 9.85. The molecular formula is C11H10ClFN2O2S2. The standard InChI is InChI=1S/C11H10ClFN2O2S2/c1-7-6-18-11(15-7)5-14-19(16,17)10-3-2-8(13)4-9(10)12/h2-4,6,14H,5H2,1H3. The molecular weight excluding hydrogens is 311 g/mol. The van der Waals surface area contributed by atoms with Crippen molar-refractivity contribution in [2.24, 2.45) is 0 Å². The molecule has 19 heavy (non-hydrogen) atoms. The Morgan fingerprint density at radius 3 is 2.79 bits per heavy atom. The molecule has 0 saturated carbocycles. The van der Waals surface area contributed by atoms with Gasteiger partial charge in [0.1, 0.15) is 15.7 Å². The monoisotopic (exact) mass is 320 g/mol. The molecule has 0 aliphatic heterocycles. The van der Waals surface area contributed by atoms with Crippen LogP contribution in [0.25, 0.3) is 0 Å². The molecule has 0 bridgehead atoms. The van der Waals surface area contributed by atoms with Gasteiger partial charge in [0.25, 0.3) is 0 Å². The number of nitrogens with one attached hydrogen (secondary N) is 1. The molecule has 0 unspecified atom stereocenters. The predicted molar refractivity (Wildman–Crippen MR) is 72.3 cm³/mol. The largest absolute Gasteiger partial charge is 0.245 e. The van der Waals surface area contributed by atoms with Crippen molar-refractivity contribution >= 4 is 33.0 Å². The Bertz CT molecular complexity index is 700. The number of benzene rings is 1. The number of thiazole rings is 1. The van der Waals surface area contributed by atoms with E-state index in [0.29, 0.717) is 5.01 Å². The fourth-order valence-corrected chi connectivity index (χ4v) is 3.73. The van der Waals surface area contributed by atoms with E-state index < -0.39 is 15.8 Å². The Balaban J connectivity index is 2.18. The molecule has 102 valence electrons. The van der Waals surface area contributed by atoms with E-state index in [0.717, 1.165) is 23.9 Å². The van der Waals surface area contributed by atoms with E-state index >= 15 is 0 Å². The lowest BCUT2D eigenvalue weighted by atomic mass is 10.3. The van der Waals surface area contributed by atoms with Gasteiger partial charge in [-0.1, -0.05) is 11.6 Å². The fourth-order valence-electron chi connectivity index (χ4n) is 1.41. The number of sulfonamides is 1. The molecule has 1 heterocycles.